The summed E-state index contributed by atoms with van der Waals surface area (Å²) in [5.74, 6) is 0. The normalized spacial score (nSPS) is 27.4. The Kier molecular flexibility index (Phi) is 5.06. The summed E-state index contributed by atoms with van der Waals surface area (Å²) in [4.78, 5) is 25.0. The van der Waals surface area contributed by atoms with Crippen molar-refractivity contribution in [3.63, 3.8) is 0 Å². The number of aromatic nitrogens is 2. The Morgan fingerprint density at radius 3 is 2.39 bits per heavy atom. The zero-order chi connectivity index (χ0) is 19.6. The molecule has 1 saturated heterocycles. The molecule has 0 unspecified atom stereocenters. The van der Waals surface area contributed by atoms with Crippen molar-refractivity contribution in [2.75, 3.05) is 27.2 Å². The number of hydrogen-bond donors (Lipinski definition) is 1. The van der Waals surface area contributed by atoms with Gasteiger partial charge in [-0.05, 0) is 57.3 Å². The predicted molar refractivity (Wildman–Crippen MR) is 109 cm³/mol. The molecule has 6 nitrogen and oxygen atoms in total. The second-order valence-corrected chi connectivity index (χ2v) is 8.42. The molecule has 2 fully saturated rings. The Morgan fingerprint density at radius 1 is 1.07 bits per heavy atom. The summed E-state index contributed by atoms with van der Waals surface area (Å²) in [6.45, 7) is 1.50. The first-order chi connectivity index (χ1) is 13.5. The SMILES string of the molecule is CN(C)C1(c2ccccc2)CCC2(CC1)CN(CCc1cncnc1)C(=O)N2. The number of nitrogens with zero attached hydrogens (tertiary/aromatic N) is 4. The van der Waals surface area contributed by atoms with Gasteiger partial charge in [-0.25, -0.2) is 14.8 Å². The van der Waals surface area contributed by atoms with E-state index in [4.69, 9.17) is 0 Å². The first-order valence-corrected chi connectivity index (χ1v) is 10.1. The molecular weight excluding hydrogens is 350 g/mol. The highest BCUT2D eigenvalue weighted by Gasteiger charge is 2.49. The molecule has 1 N–H and O–H groups in total. The van der Waals surface area contributed by atoms with Gasteiger partial charge in [0.1, 0.15) is 6.33 Å². The highest BCUT2D eigenvalue weighted by atomic mass is 16.2. The lowest BCUT2D eigenvalue weighted by atomic mass is 9.69. The molecule has 2 aromatic rings. The summed E-state index contributed by atoms with van der Waals surface area (Å²) in [6.07, 6.45) is 10.1. The van der Waals surface area contributed by atoms with Crippen LogP contribution in [0.25, 0.3) is 0 Å². The van der Waals surface area contributed by atoms with Gasteiger partial charge in [-0.1, -0.05) is 30.3 Å². The first kappa shape index (κ1) is 18.9. The second-order valence-electron chi connectivity index (χ2n) is 8.42. The van der Waals surface area contributed by atoms with Crippen molar-refractivity contribution < 1.29 is 4.79 Å². The van der Waals surface area contributed by atoms with Crippen LogP contribution in [0.4, 0.5) is 4.79 Å². The fourth-order valence-electron chi connectivity index (χ4n) is 4.85. The molecule has 0 atom stereocenters. The van der Waals surface area contributed by atoms with Crippen molar-refractivity contribution in [3.05, 3.63) is 60.2 Å². The third-order valence-corrected chi connectivity index (χ3v) is 6.64. The molecule has 1 aliphatic heterocycles. The van der Waals surface area contributed by atoms with E-state index in [0.717, 1.165) is 44.2 Å². The van der Waals surface area contributed by atoms with Crippen molar-refractivity contribution in [1.82, 2.24) is 25.1 Å². The monoisotopic (exact) mass is 379 g/mol. The lowest BCUT2D eigenvalue weighted by Gasteiger charge is -2.48. The van der Waals surface area contributed by atoms with Gasteiger partial charge in [0.25, 0.3) is 0 Å². The molecule has 6 heteroatoms. The minimum atomic E-state index is -0.0986. The molecule has 2 heterocycles. The zero-order valence-electron chi connectivity index (χ0n) is 16.8. The molecule has 0 radical (unpaired) electrons. The average molecular weight is 380 g/mol. The third-order valence-electron chi connectivity index (χ3n) is 6.64. The minimum Gasteiger partial charge on any atom is -0.331 e. The quantitative estimate of drug-likeness (QED) is 0.868. The van der Waals surface area contributed by atoms with Crippen LogP contribution in [-0.2, 0) is 12.0 Å². The Balaban J connectivity index is 1.43. The minimum absolute atomic E-state index is 0.0477. The summed E-state index contributed by atoms with van der Waals surface area (Å²) < 4.78 is 0. The van der Waals surface area contributed by atoms with Gasteiger partial charge in [0, 0.05) is 31.0 Å². The molecule has 1 saturated carbocycles. The fraction of sp³-hybridized carbons (Fsp3) is 0.500. The van der Waals surface area contributed by atoms with Gasteiger partial charge in [0.05, 0.1) is 5.54 Å². The van der Waals surface area contributed by atoms with E-state index >= 15 is 0 Å². The van der Waals surface area contributed by atoms with Crippen LogP contribution < -0.4 is 5.32 Å². The summed E-state index contributed by atoms with van der Waals surface area (Å²) in [6, 6.07) is 10.9. The molecule has 1 spiro atoms. The Morgan fingerprint density at radius 2 is 1.75 bits per heavy atom. The number of benzene rings is 1. The molecule has 2 aliphatic rings. The van der Waals surface area contributed by atoms with Crippen molar-refractivity contribution in [3.8, 4) is 0 Å². The fourth-order valence-corrected chi connectivity index (χ4v) is 4.85. The lowest BCUT2D eigenvalue weighted by Crippen LogP contribution is -2.54. The van der Waals surface area contributed by atoms with Crippen LogP contribution in [0.15, 0.2) is 49.1 Å². The van der Waals surface area contributed by atoms with Crippen LogP contribution >= 0.6 is 0 Å². The molecule has 1 aromatic heterocycles. The van der Waals surface area contributed by atoms with Gasteiger partial charge < -0.3 is 10.2 Å². The van der Waals surface area contributed by atoms with Crippen LogP contribution in [-0.4, -0.2) is 58.5 Å². The largest absolute Gasteiger partial charge is 0.331 e. The second kappa shape index (κ2) is 7.51. The maximum Gasteiger partial charge on any atom is 0.317 e. The van der Waals surface area contributed by atoms with Crippen LogP contribution in [0.3, 0.4) is 0 Å². The van der Waals surface area contributed by atoms with E-state index in [0.29, 0.717) is 6.54 Å². The van der Waals surface area contributed by atoms with E-state index in [1.165, 1.54) is 11.9 Å². The van der Waals surface area contributed by atoms with Crippen molar-refractivity contribution in [1.29, 1.82) is 0 Å². The molecule has 148 valence electrons. The van der Waals surface area contributed by atoms with Gasteiger partial charge in [0.2, 0.25) is 0 Å². The van der Waals surface area contributed by atoms with Crippen LogP contribution in [0, 0.1) is 0 Å². The van der Waals surface area contributed by atoms with E-state index in [-0.39, 0.29) is 17.1 Å². The van der Waals surface area contributed by atoms with Crippen molar-refractivity contribution >= 4 is 6.03 Å². The van der Waals surface area contributed by atoms with Crippen molar-refractivity contribution in [2.45, 2.75) is 43.2 Å². The number of urea groups is 1. The molecule has 1 aromatic carbocycles. The number of nitrogens with one attached hydrogen (secondary N) is 1. The summed E-state index contributed by atoms with van der Waals surface area (Å²) >= 11 is 0. The maximum atomic E-state index is 12.6. The third kappa shape index (κ3) is 3.49. The number of hydrogen-bond acceptors (Lipinski definition) is 4. The summed E-state index contributed by atoms with van der Waals surface area (Å²) in [5.41, 5.74) is 2.39. The maximum absolute atomic E-state index is 12.6. The molecule has 0 bridgehead atoms. The standard InChI is InChI=1S/C22H29N5O/c1-26(2)22(19-6-4-3-5-7-19)11-9-21(10-12-22)16-27(20(28)25-21)13-8-18-14-23-17-24-15-18/h3-7,14-15,17H,8-13,16H2,1-2H3,(H,25,28). The van der Waals surface area contributed by atoms with Gasteiger partial charge in [-0.2, -0.15) is 0 Å². The Labute approximate surface area is 167 Å². The summed E-state index contributed by atoms with van der Waals surface area (Å²) in [7, 11) is 4.35. The molecule has 4 rings (SSSR count). The van der Waals surface area contributed by atoms with E-state index < -0.39 is 0 Å². The number of amides is 2. The van der Waals surface area contributed by atoms with E-state index in [2.05, 4.69) is 64.6 Å². The highest BCUT2D eigenvalue weighted by molar-refractivity contribution is 5.78. The van der Waals surface area contributed by atoms with E-state index in [1.807, 2.05) is 17.3 Å². The average Bonchev–Trinajstić information content (AvgIpc) is 3.03. The van der Waals surface area contributed by atoms with E-state index in [9.17, 15) is 4.79 Å². The number of carbonyl (C=O) groups excluding carboxylic acids is 1. The summed E-state index contributed by atoms with van der Waals surface area (Å²) in [5, 5.41) is 3.32. The highest BCUT2D eigenvalue weighted by Crippen LogP contribution is 2.45. The van der Waals surface area contributed by atoms with E-state index in [1.54, 1.807) is 0 Å². The number of rotatable bonds is 5. The molecule has 1 aliphatic carbocycles. The first-order valence-electron chi connectivity index (χ1n) is 10.1. The topological polar surface area (TPSA) is 61.4 Å². The van der Waals surface area contributed by atoms with Crippen LogP contribution in [0.1, 0.15) is 36.8 Å². The Hall–Kier alpha value is -2.47. The molecular formula is C22H29N5O. The van der Waals surface area contributed by atoms with Gasteiger partial charge in [-0.15, -0.1) is 0 Å². The zero-order valence-corrected chi connectivity index (χ0v) is 16.8. The van der Waals surface area contributed by atoms with Gasteiger partial charge in [0.15, 0.2) is 0 Å². The van der Waals surface area contributed by atoms with Gasteiger partial charge >= 0.3 is 6.03 Å². The van der Waals surface area contributed by atoms with Crippen molar-refractivity contribution in [2.24, 2.45) is 0 Å². The lowest BCUT2D eigenvalue weighted by molar-refractivity contribution is 0.0620. The van der Waals surface area contributed by atoms with Crippen LogP contribution in [0.5, 0.6) is 0 Å². The molecule has 2 amide bonds. The van der Waals surface area contributed by atoms with Gasteiger partial charge in [-0.3, -0.25) is 4.90 Å². The molecule has 28 heavy (non-hydrogen) atoms. The Bertz CT molecular complexity index is 800. The van der Waals surface area contributed by atoms with Crippen LogP contribution in [0.2, 0.25) is 0 Å². The number of carbonyl (C=O) groups is 1. The smallest absolute Gasteiger partial charge is 0.317 e. The predicted octanol–water partition coefficient (Wildman–Crippen LogP) is 2.81.